The fourth-order valence-corrected chi connectivity index (χ4v) is 94.1. The summed E-state index contributed by atoms with van der Waals surface area (Å²) in [7, 11) is 0. The Morgan fingerprint density at radius 3 is 0.619 bits per heavy atom. The van der Waals surface area contributed by atoms with Crippen molar-refractivity contribution in [3.05, 3.63) is 0 Å². The third-order valence-corrected chi connectivity index (χ3v) is 78.8. The summed E-state index contributed by atoms with van der Waals surface area (Å²) in [5.41, 5.74) is 5.92. The van der Waals surface area contributed by atoms with E-state index in [9.17, 15) is 0 Å². The first-order chi connectivity index (χ1) is 9.37. The molecule has 0 nitrogen and oxygen atoms in total. The molecule has 0 fully saturated rings. The molecule has 0 atom stereocenters. The fraction of sp³-hybridized carbons (Fsp3) is 1.00. The molecule has 0 spiro atoms. The van der Waals surface area contributed by atoms with Crippen LogP contribution in [-0.2, 0) is 15.7 Å². The summed E-state index contributed by atoms with van der Waals surface area (Å²) in [6, 6.07) is 0. The van der Waals surface area contributed by atoms with E-state index in [1.807, 2.05) is 0 Å². The van der Waals surface area contributed by atoms with Crippen molar-refractivity contribution in [2.75, 3.05) is 0 Å². The van der Waals surface area contributed by atoms with E-state index < -0.39 is 28.3 Å². The average Bonchev–Trinajstić information content (AvgIpc) is 2.26. The third kappa shape index (κ3) is 4.13. The molecule has 3 heteroatoms. The summed E-state index contributed by atoms with van der Waals surface area (Å²) in [6.45, 7) is 31.0. The quantitative estimate of drug-likeness (QED) is 0.385. The van der Waals surface area contributed by atoms with Gasteiger partial charge in [-0.25, -0.2) is 0 Å². The van der Waals surface area contributed by atoms with Crippen LogP contribution in [0.1, 0.15) is 83.1 Å². The Kier molecular flexibility index (Phi) is 8.66. The van der Waals surface area contributed by atoms with E-state index >= 15 is 0 Å². The van der Waals surface area contributed by atoms with Crippen LogP contribution in [0, 0.1) is 0 Å². The van der Waals surface area contributed by atoms with Crippen molar-refractivity contribution >= 4 is 12.6 Å². The number of hydrogen-bond acceptors (Lipinski definition) is 0. The second-order valence-corrected chi connectivity index (χ2v) is 44.2. The van der Waals surface area contributed by atoms with Crippen molar-refractivity contribution in [1.82, 2.24) is 0 Å². The molecule has 0 heterocycles. The van der Waals surface area contributed by atoms with E-state index in [4.69, 9.17) is 0 Å². The molecule has 0 radical (unpaired) electrons. The van der Waals surface area contributed by atoms with Crippen LogP contribution < -0.4 is 0 Å². The van der Waals surface area contributed by atoms with Gasteiger partial charge in [0.15, 0.2) is 0 Å². The van der Waals surface area contributed by atoms with Gasteiger partial charge in [-0.2, -0.15) is 0 Å². The van der Waals surface area contributed by atoms with E-state index in [2.05, 4.69) is 83.1 Å². The Balaban J connectivity index is 6.06. The minimum absolute atomic E-state index is 0.549. The van der Waals surface area contributed by atoms with E-state index in [1.54, 1.807) is 0 Å². The van der Waals surface area contributed by atoms with Gasteiger partial charge in [0.25, 0.3) is 0 Å². The fourth-order valence-electron chi connectivity index (χ4n) is 5.76. The molecule has 124 valence electrons. The van der Waals surface area contributed by atoms with Crippen LogP contribution in [0.15, 0.2) is 0 Å². The molecule has 0 aliphatic rings. The van der Waals surface area contributed by atoms with Crippen LogP contribution >= 0.6 is 0 Å². The molecule has 0 aromatic heterocycles. The van der Waals surface area contributed by atoms with Gasteiger partial charge >= 0.3 is 145 Å². The Labute approximate surface area is 144 Å². The van der Waals surface area contributed by atoms with Crippen molar-refractivity contribution < 1.29 is 15.7 Å². The molecule has 0 amide bonds. The molecule has 0 saturated heterocycles. The summed E-state index contributed by atoms with van der Waals surface area (Å²) in [5, 5.41) is 0. The van der Waals surface area contributed by atoms with Crippen molar-refractivity contribution in [3.63, 3.8) is 0 Å². The van der Waals surface area contributed by atoms with Gasteiger partial charge in [0.2, 0.25) is 0 Å². The standard InChI is InChI=1S/2C9H21Si.Zn/c2*1-7(2)10(8(3)4)9(5)6;/h2*7-9H,1-6H3;. The third-order valence-electron chi connectivity index (χ3n) is 7.06. The van der Waals surface area contributed by atoms with Crippen molar-refractivity contribution in [2.24, 2.45) is 0 Å². The van der Waals surface area contributed by atoms with Crippen LogP contribution in [0.25, 0.3) is 0 Å². The second-order valence-electron chi connectivity index (χ2n) is 9.33. The molecular formula is C18H42Si2Zn. The molecule has 0 aliphatic heterocycles. The van der Waals surface area contributed by atoms with E-state index in [0.717, 1.165) is 33.2 Å². The molecule has 0 aromatic rings. The van der Waals surface area contributed by atoms with E-state index in [-0.39, 0.29) is 0 Å². The molecule has 0 unspecified atom stereocenters. The Morgan fingerprint density at radius 1 is 0.381 bits per heavy atom. The zero-order chi connectivity index (χ0) is 17.2. The number of rotatable bonds is 8. The number of hydrogen-bond donors (Lipinski definition) is 0. The zero-order valence-corrected chi connectivity index (χ0v) is 22.1. The maximum atomic E-state index is 2.58. The van der Waals surface area contributed by atoms with Crippen molar-refractivity contribution in [2.45, 2.75) is 116 Å². The first kappa shape index (κ1) is 22.1. The summed E-state index contributed by atoms with van der Waals surface area (Å²) in [6.07, 6.45) is -2.20. The molecule has 0 rings (SSSR count). The topological polar surface area (TPSA) is 0 Å². The summed E-state index contributed by atoms with van der Waals surface area (Å²) in [5.74, 6) is 0. The average molecular weight is 380 g/mol. The van der Waals surface area contributed by atoms with Crippen molar-refractivity contribution in [1.29, 1.82) is 0 Å². The van der Waals surface area contributed by atoms with Gasteiger partial charge in [-0.05, 0) is 0 Å². The Morgan fingerprint density at radius 2 is 0.524 bits per heavy atom. The van der Waals surface area contributed by atoms with Gasteiger partial charge in [-0.15, -0.1) is 0 Å². The van der Waals surface area contributed by atoms with E-state index in [1.165, 1.54) is 0 Å². The summed E-state index contributed by atoms with van der Waals surface area (Å²) in [4.78, 5) is 0. The molecule has 0 bridgehead atoms. The zero-order valence-electron chi connectivity index (χ0n) is 17.2. The van der Waals surface area contributed by atoms with Gasteiger partial charge in [-0.1, -0.05) is 0 Å². The predicted molar refractivity (Wildman–Crippen MR) is 102 cm³/mol. The first-order valence-electron chi connectivity index (χ1n) is 9.37. The monoisotopic (exact) mass is 378 g/mol. The van der Waals surface area contributed by atoms with Crippen LogP contribution in [0.5, 0.6) is 0 Å². The molecule has 0 aliphatic carbocycles. The summed E-state index contributed by atoms with van der Waals surface area (Å²) < 4.78 is 0. The minimum atomic E-state index is -1.10. The first-order valence-corrected chi connectivity index (χ1v) is 23.1. The van der Waals surface area contributed by atoms with Gasteiger partial charge in [0, 0.05) is 0 Å². The summed E-state index contributed by atoms with van der Waals surface area (Å²) >= 11 is -0.549. The van der Waals surface area contributed by atoms with Crippen molar-refractivity contribution in [3.8, 4) is 0 Å². The second kappa shape index (κ2) is 8.24. The van der Waals surface area contributed by atoms with Crippen LogP contribution in [0.3, 0.4) is 0 Å². The molecule has 21 heavy (non-hydrogen) atoms. The molecule has 0 N–H and O–H groups in total. The SMILES string of the molecule is CC(C)[Si]([Zn][Si](C(C)C)(C(C)C)C(C)C)(C(C)C)C(C)C. The van der Waals surface area contributed by atoms with Gasteiger partial charge in [-0.3, -0.25) is 0 Å². The molecular weight excluding hydrogens is 338 g/mol. The predicted octanol–water partition coefficient (Wildman–Crippen LogP) is 7.42. The van der Waals surface area contributed by atoms with Crippen LogP contribution in [0.2, 0.25) is 33.2 Å². The van der Waals surface area contributed by atoms with Gasteiger partial charge in [0.1, 0.15) is 0 Å². The normalized spacial score (nSPS) is 14.2. The van der Waals surface area contributed by atoms with Gasteiger partial charge < -0.3 is 0 Å². The Hall–Kier alpha value is 1.06. The molecule has 0 saturated carbocycles. The van der Waals surface area contributed by atoms with E-state index in [0.29, 0.717) is 0 Å². The maximum absolute atomic E-state index is 2.58. The molecule has 0 aromatic carbocycles. The van der Waals surface area contributed by atoms with Gasteiger partial charge in [0.05, 0.1) is 0 Å². The van der Waals surface area contributed by atoms with Crippen LogP contribution in [0.4, 0.5) is 0 Å². The Bertz CT molecular complexity index is 233. The van der Waals surface area contributed by atoms with Crippen LogP contribution in [-0.4, -0.2) is 12.6 Å².